The molecule has 1 aromatic heterocycles. The standard InChI is InChI=1S/C22H30N4O3/c1-16-14-17(2)26(25-16)13-12-23-20(27)8-10-22(11-9-21(28)24-22)15-18-4-6-19(29-3)7-5-18/h4-7,14H,8-13,15H2,1-3H3,(H,23,27)(H,24,28). The monoisotopic (exact) mass is 398 g/mol. The Balaban J connectivity index is 1.52. The summed E-state index contributed by atoms with van der Waals surface area (Å²) in [5, 5.41) is 10.5. The molecule has 1 unspecified atom stereocenters. The second-order valence-corrected chi connectivity index (χ2v) is 7.85. The van der Waals surface area contributed by atoms with Crippen molar-refractivity contribution < 1.29 is 14.3 Å². The van der Waals surface area contributed by atoms with Crippen molar-refractivity contribution in [3.05, 3.63) is 47.3 Å². The molecule has 1 fully saturated rings. The van der Waals surface area contributed by atoms with Gasteiger partial charge in [-0.15, -0.1) is 0 Å². The van der Waals surface area contributed by atoms with E-state index in [1.54, 1.807) is 7.11 Å². The molecule has 7 heteroatoms. The number of hydrogen-bond acceptors (Lipinski definition) is 4. The van der Waals surface area contributed by atoms with Crippen molar-refractivity contribution in [2.45, 2.75) is 58.0 Å². The van der Waals surface area contributed by atoms with E-state index in [1.807, 2.05) is 48.9 Å². The largest absolute Gasteiger partial charge is 0.497 e. The number of amides is 2. The zero-order chi connectivity index (χ0) is 20.9. The van der Waals surface area contributed by atoms with Crippen molar-refractivity contribution in [1.29, 1.82) is 0 Å². The van der Waals surface area contributed by atoms with Crippen molar-refractivity contribution >= 4 is 11.8 Å². The second-order valence-electron chi connectivity index (χ2n) is 7.85. The maximum Gasteiger partial charge on any atom is 0.220 e. The molecule has 2 N–H and O–H groups in total. The van der Waals surface area contributed by atoms with Gasteiger partial charge < -0.3 is 15.4 Å². The number of hydrogen-bond donors (Lipinski definition) is 2. The van der Waals surface area contributed by atoms with Gasteiger partial charge in [-0.2, -0.15) is 5.10 Å². The molecule has 0 spiro atoms. The van der Waals surface area contributed by atoms with Gasteiger partial charge in [-0.1, -0.05) is 12.1 Å². The SMILES string of the molecule is COc1ccc(CC2(CCC(=O)NCCn3nc(C)cc3C)CCC(=O)N2)cc1. The molecular formula is C22H30N4O3. The molecule has 29 heavy (non-hydrogen) atoms. The normalized spacial score (nSPS) is 18.5. The lowest BCUT2D eigenvalue weighted by molar-refractivity contribution is -0.122. The van der Waals surface area contributed by atoms with Crippen LogP contribution in [0.2, 0.25) is 0 Å². The van der Waals surface area contributed by atoms with Crippen molar-refractivity contribution in [2.24, 2.45) is 0 Å². The molecule has 2 aromatic rings. The Morgan fingerprint density at radius 3 is 2.66 bits per heavy atom. The third-order valence-corrected chi connectivity index (χ3v) is 5.52. The van der Waals surface area contributed by atoms with E-state index in [1.165, 1.54) is 0 Å². The van der Waals surface area contributed by atoms with E-state index >= 15 is 0 Å². The van der Waals surface area contributed by atoms with Gasteiger partial charge in [0.25, 0.3) is 0 Å². The summed E-state index contributed by atoms with van der Waals surface area (Å²) < 4.78 is 7.11. The molecule has 156 valence electrons. The predicted molar refractivity (Wildman–Crippen MR) is 111 cm³/mol. The van der Waals surface area contributed by atoms with Crippen LogP contribution in [0.25, 0.3) is 0 Å². The maximum absolute atomic E-state index is 12.4. The molecule has 0 radical (unpaired) electrons. The zero-order valence-corrected chi connectivity index (χ0v) is 17.5. The summed E-state index contributed by atoms with van der Waals surface area (Å²) in [6, 6.07) is 9.89. The summed E-state index contributed by atoms with van der Waals surface area (Å²) in [5.41, 5.74) is 2.83. The average molecular weight is 399 g/mol. The number of benzene rings is 1. The van der Waals surface area contributed by atoms with Crippen LogP contribution in [0.3, 0.4) is 0 Å². The van der Waals surface area contributed by atoms with Gasteiger partial charge in [0.1, 0.15) is 5.75 Å². The quantitative estimate of drug-likeness (QED) is 0.679. The van der Waals surface area contributed by atoms with Gasteiger partial charge >= 0.3 is 0 Å². The van der Waals surface area contributed by atoms with E-state index in [0.29, 0.717) is 38.8 Å². The van der Waals surface area contributed by atoms with Crippen LogP contribution in [0, 0.1) is 13.8 Å². The van der Waals surface area contributed by atoms with E-state index < -0.39 is 0 Å². The highest BCUT2D eigenvalue weighted by Gasteiger charge is 2.37. The molecule has 0 saturated carbocycles. The lowest BCUT2D eigenvalue weighted by Gasteiger charge is -2.29. The highest BCUT2D eigenvalue weighted by atomic mass is 16.5. The fourth-order valence-corrected chi connectivity index (χ4v) is 3.96. The number of carbonyl (C=O) groups excluding carboxylic acids is 2. The van der Waals surface area contributed by atoms with Gasteiger partial charge in [0.05, 0.1) is 19.3 Å². The number of nitrogens with one attached hydrogen (secondary N) is 2. The van der Waals surface area contributed by atoms with Crippen LogP contribution in [-0.2, 0) is 22.6 Å². The Morgan fingerprint density at radius 2 is 2.07 bits per heavy atom. The van der Waals surface area contributed by atoms with Gasteiger partial charge in [0, 0.05) is 30.6 Å². The van der Waals surface area contributed by atoms with Crippen molar-refractivity contribution in [1.82, 2.24) is 20.4 Å². The van der Waals surface area contributed by atoms with Crippen molar-refractivity contribution in [2.75, 3.05) is 13.7 Å². The Bertz CT molecular complexity index is 859. The highest BCUT2D eigenvalue weighted by Crippen LogP contribution is 2.30. The minimum Gasteiger partial charge on any atom is -0.497 e. The fourth-order valence-electron chi connectivity index (χ4n) is 3.96. The first-order valence-electron chi connectivity index (χ1n) is 10.1. The first-order chi connectivity index (χ1) is 13.9. The van der Waals surface area contributed by atoms with Gasteiger partial charge in [0.2, 0.25) is 11.8 Å². The van der Waals surface area contributed by atoms with Crippen LogP contribution in [-0.4, -0.2) is 40.8 Å². The van der Waals surface area contributed by atoms with E-state index in [9.17, 15) is 9.59 Å². The molecule has 1 aliphatic heterocycles. The van der Waals surface area contributed by atoms with E-state index in [2.05, 4.69) is 15.7 Å². The highest BCUT2D eigenvalue weighted by molar-refractivity contribution is 5.80. The number of nitrogens with zero attached hydrogens (tertiary/aromatic N) is 2. The minimum absolute atomic E-state index is 0.00165. The molecule has 2 amide bonds. The topological polar surface area (TPSA) is 85.2 Å². The van der Waals surface area contributed by atoms with Crippen LogP contribution in [0.1, 0.15) is 42.6 Å². The molecule has 1 saturated heterocycles. The fraction of sp³-hybridized carbons (Fsp3) is 0.500. The van der Waals surface area contributed by atoms with Gasteiger partial charge in [0.15, 0.2) is 0 Å². The number of aromatic nitrogens is 2. The molecule has 1 aliphatic rings. The van der Waals surface area contributed by atoms with E-state index in [4.69, 9.17) is 4.74 Å². The molecule has 0 bridgehead atoms. The third-order valence-electron chi connectivity index (χ3n) is 5.52. The molecular weight excluding hydrogens is 368 g/mol. The Labute approximate surface area is 171 Å². The van der Waals surface area contributed by atoms with Gasteiger partial charge in [-0.3, -0.25) is 14.3 Å². The zero-order valence-electron chi connectivity index (χ0n) is 17.5. The smallest absolute Gasteiger partial charge is 0.220 e. The van der Waals surface area contributed by atoms with Crippen LogP contribution >= 0.6 is 0 Å². The second kappa shape index (κ2) is 9.11. The molecule has 7 nitrogen and oxygen atoms in total. The van der Waals surface area contributed by atoms with E-state index in [0.717, 1.165) is 29.1 Å². The number of carbonyl (C=O) groups is 2. The summed E-state index contributed by atoms with van der Waals surface area (Å²) in [5.74, 6) is 0.866. The summed E-state index contributed by atoms with van der Waals surface area (Å²) in [6.45, 7) is 5.16. The van der Waals surface area contributed by atoms with Crippen LogP contribution in [0.4, 0.5) is 0 Å². The number of rotatable bonds is 9. The average Bonchev–Trinajstić information content (AvgIpc) is 3.22. The molecule has 1 atom stereocenters. The Hall–Kier alpha value is -2.83. The first-order valence-corrected chi connectivity index (χ1v) is 10.1. The lowest BCUT2D eigenvalue weighted by Crippen LogP contribution is -2.44. The Morgan fingerprint density at radius 1 is 1.31 bits per heavy atom. The molecule has 2 heterocycles. The van der Waals surface area contributed by atoms with E-state index in [-0.39, 0.29) is 17.4 Å². The van der Waals surface area contributed by atoms with Crippen molar-refractivity contribution in [3.8, 4) is 5.75 Å². The molecule has 1 aromatic carbocycles. The molecule has 3 rings (SSSR count). The summed E-state index contributed by atoms with van der Waals surface area (Å²) in [4.78, 5) is 24.3. The number of ether oxygens (including phenoxy) is 1. The predicted octanol–water partition coefficient (Wildman–Crippen LogP) is 2.30. The van der Waals surface area contributed by atoms with Crippen molar-refractivity contribution in [3.63, 3.8) is 0 Å². The maximum atomic E-state index is 12.4. The summed E-state index contributed by atoms with van der Waals surface area (Å²) in [6.07, 6.45) is 2.97. The van der Waals surface area contributed by atoms with Crippen LogP contribution in [0.15, 0.2) is 30.3 Å². The van der Waals surface area contributed by atoms with Gasteiger partial charge in [-0.05, 0) is 56.9 Å². The van der Waals surface area contributed by atoms with Crippen LogP contribution < -0.4 is 15.4 Å². The molecule has 0 aliphatic carbocycles. The summed E-state index contributed by atoms with van der Waals surface area (Å²) in [7, 11) is 1.64. The summed E-state index contributed by atoms with van der Waals surface area (Å²) >= 11 is 0. The number of aryl methyl sites for hydroxylation is 2. The lowest BCUT2D eigenvalue weighted by atomic mass is 9.85. The minimum atomic E-state index is -0.362. The Kier molecular flexibility index (Phi) is 6.56. The number of methoxy groups -OCH3 is 1. The third kappa shape index (κ3) is 5.59. The van der Waals surface area contributed by atoms with Gasteiger partial charge in [-0.25, -0.2) is 0 Å². The first kappa shape index (κ1) is 20.9. The van der Waals surface area contributed by atoms with Crippen LogP contribution in [0.5, 0.6) is 5.75 Å².